The number of esters is 1. The molecule has 0 spiro atoms. The fraction of sp³-hybridized carbons (Fsp3) is 0.368. The van der Waals surface area contributed by atoms with E-state index in [0.29, 0.717) is 16.3 Å². The van der Waals surface area contributed by atoms with Crippen LogP contribution in [0.3, 0.4) is 0 Å². The van der Waals surface area contributed by atoms with Gasteiger partial charge in [0.15, 0.2) is 6.61 Å². The third-order valence-electron chi connectivity index (χ3n) is 3.66. The Balaban J connectivity index is 1.94. The summed E-state index contributed by atoms with van der Waals surface area (Å²) in [7, 11) is 0. The molecule has 1 aromatic carbocycles. The van der Waals surface area contributed by atoms with E-state index in [0.717, 1.165) is 31.1 Å². The molecule has 0 N–H and O–H groups in total. The summed E-state index contributed by atoms with van der Waals surface area (Å²) in [5, 5.41) is 1.38. The summed E-state index contributed by atoms with van der Waals surface area (Å²) in [4.78, 5) is 16.2. The minimum Gasteiger partial charge on any atom is -0.480 e. The summed E-state index contributed by atoms with van der Waals surface area (Å²) < 4.78 is 11.0. The number of hydrogen-bond acceptors (Lipinski definition) is 4. The number of nitrogens with zero attached hydrogens (tertiary/aromatic N) is 1. The lowest BCUT2D eigenvalue weighted by Crippen LogP contribution is -2.21. The highest BCUT2D eigenvalue weighted by atomic mass is 35.5. The van der Waals surface area contributed by atoms with Crippen molar-refractivity contribution in [1.29, 1.82) is 0 Å². The maximum atomic E-state index is 12.0. The van der Waals surface area contributed by atoms with E-state index < -0.39 is 5.97 Å². The van der Waals surface area contributed by atoms with Crippen molar-refractivity contribution >= 4 is 28.5 Å². The predicted molar refractivity (Wildman–Crippen MR) is 96.5 cm³/mol. The average molecular weight is 348 g/mol. The minimum absolute atomic E-state index is 0.175. The maximum Gasteiger partial charge on any atom is 0.344 e. The molecule has 128 valence electrons. The van der Waals surface area contributed by atoms with Gasteiger partial charge in [-0.1, -0.05) is 44.0 Å². The van der Waals surface area contributed by atoms with Crippen molar-refractivity contribution in [2.24, 2.45) is 0 Å². The van der Waals surface area contributed by atoms with Gasteiger partial charge >= 0.3 is 5.97 Å². The van der Waals surface area contributed by atoms with E-state index in [1.165, 1.54) is 0 Å². The highest BCUT2D eigenvalue weighted by Gasteiger charge is 2.13. The molecule has 2 rings (SSSR count). The smallest absolute Gasteiger partial charge is 0.344 e. The Morgan fingerprint density at radius 3 is 2.96 bits per heavy atom. The van der Waals surface area contributed by atoms with Crippen LogP contribution in [0, 0.1) is 0 Å². The Kier molecular flexibility index (Phi) is 7.07. The summed E-state index contributed by atoms with van der Waals surface area (Å²) in [6.07, 6.45) is 7.07. The van der Waals surface area contributed by atoms with Crippen molar-refractivity contribution in [3.05, 3.63) is 48.1 Å². The van der Waals surface area contributed by atoms with Gasteiger partial charge in [0.25, 0.3) is 0 Å². The van der Waals surface area contributed by atoms with Crippen molar-refractivity contribution in [3.63, 3.8) is 0 Å². The second-order valence-corrected chi connectivity index (χ2v) is 5.90. The number of hydrogen-bond donors (Lipinski definition) is 0. The van der Waals surface area contributed by atoms with Crippen LogP contribution in [0.4, 0.5) is 0 Å². The molecule has 1 atom stereocenters. The molecule has 0 aliphatic carbocycles. The standard InChI is InChI=1S/C19H22ClNO3/c1-3-5-6-8-14(4-2)24-18(22)13-23-17-11-10-16(20)15-9-7-12-21-19(15)17/h4,7,9-12,14H,2-3,5-6,8,13H2,1H3. The lowest BCUT2D eigenvalue weighted by Gasteiger charge is -2.14. The largest absolute Gasteiger partial charge is 0.480 e. The van der Waals surface area contributed by atoms with Gasteiger partial charge in [0.2, 0.25) is 0 Å². The quantitative estimate of drug-likeness (QED) is 0.366. The molecule has 0 bridgehead atoms. The van der Waals surface area contributed by atoms with E-state index in [-0.39, 0.29) is 12.7 Å². The van der Waals surface area contributed by atoms with Crippen LogP contribution >= 0.6 is 11.6 Å². The van der Waals surface area contributed by atoms with E-state index >= 15 is 0 Å². The van der Waals surface area contributed by atoms with Gasteiger partial charge in [-0.25, -0.2) is 4.79 Å². The Hall–Kier alpha value is -2.07. The first-order valence-electron chi connectivity index (χ1n) is 8.13. The van der Waals surface area contributed by atoms with Gasteiger partial charge in [-0.05, 0) is 37.1 Å². The molecule has 0 saturated heterocycles. The number of carbonyl (C=O) groups excluding carboxylic acids is 1. The van der Waals surface area contributed by atoms with E-state index in [4.69, 9.17) is 21.1 Å². The van der Waals surface area contributed by atoms with E-state index in [2.05, 4.69) is 18.5 Å². The molecule has 1 aromatic heterocycles. The monoisotopic (exact) mass is 347 g/mol. The van der Waals surface area contributed by atoms with Crippen molar-refractivity contribution in [2.75, 3.05) is 6.61 Å². The minimum atomic E-state index is -0.421. The topological polar surface area (TPSA) is 48.4 Å². The van der Waals surface area contributed by atoms with Crippen molar-refractivity contribution < 1.29 is 14.3 Å². The first kappa shape index (κ1) is 18.3. The maximum absolute atomic E-state index is 12.0. The first-order valence-corrected chi connectivity index (χ1v) is 8.51. The number of aromatic nitrogens is 1. The molecule has 24 heavy (non-hydrogen) atoms. The number of halogens is 1. The normalized spacial score (nSPS) is 11.9. The van der Waals surface area contributed by atoms with Crippen LogP contribution < -0.4 is 4.74 Å². The van der Waals surface area contributed by atoms with Crippen molar-refractivity contribution in [3.8, 4) is 5.75 Å². The highest BCUT2D eigenvalue weighted by Crippen LogP contribution is 2.29. The van der Waals surface area contributed by atoms with E-state index in [9.17, 15) is 4.79 Å². The lowest BCUT2D eigenvalue weighted by atomic mass is 10.1. The average Bonchev–Trinajstić information content (AvgIpc) is 2.60. The molecule has 0 amide bonds. The predicted octanol–water partition coefficient (Wildman–Crippen LogP) is 4.95. The summed E-state index contributed by atoms with van der Waals surface area (Å²) in [5.41, 5.74) is 0.626. The fourth-order valence-electron chi connectivity index (χ4n) is 2.39. The molecular formula is C19H22ClNO3. The summed E-state index contributed by atoms with van der Waals surface area (Å²) >= 11 is 6.14. The Bertz CT molecular complexity index is 702. The molecule has 5 heteroatoms. The molecule has 0 aliphatic heterocycles. The van der Waals surface area contributed by atoms with Crippen LogP contribution in [0.2, 0.25) is 5.02 Å². The summed E-state index contributed by atoms with van der Waals surface area (Å²) in [6.45, 7) is 5.68. The Morgan fingerprint density at radius 2 is 2.21 bits per heavy atom. The number of rotatable bonds is 9. The fourth-order valence-corrected chi connectivity index (χ4v) is 2.60. The lowest BCUT2D eigenvalue weighted by molar-refractivity contribution is -0.149. The van der Waals surface area contributed by atoms with Crippen LogP contribution in [0.25, 0.3) is 10.9 Å². The molecular weight excluding hydrogens is 326 g/mol. The highest BCUT2D eigenvalue weighted by molar-refractivity contribution is 6.35. The molecule has 2 aromatic rings. The number of fused-ring (bicyclic) bond motifs is 1. The van der Waals surface area contributed by atoms with Gasteiger partial charge in [0.05, 0.1) is 5.02 Å². The third kappa shape index (κ3) is 4.96. The van der Waals surface area contributed by atoms with Crippen LogP contribution in [0.1, 0.15) is 32.6 Å². The van der Waals surface area contributed by atoms with Gasteiger partial charge in [0, 0.05) is 11.6 Å². The molecule has 1 unspecified atom stereocenters. The first-order chi connectivity index (χ1) is 11.7. The van der Waals surface area contributed by atoms with Crippen LogP contribution in [-0.4, -0.2) is 23.7 Å². The molecule has 0 aliphatic rings. The van der Waals surface area contributed by atoms with Crippen LogP contribution in [0.15, 0.2) is 43.1 Å². The Labute approximate surface area is 147 Å². The number of carbonyl (C=O) groups is 1. The van der Waals surface area contributed by atoms with E-state index in [1.807, 2.05) is 6.07 Å². The SMILES string of the molecule is C=CC(CCCCC)OC(=O)COc1ccc(Cl)c2cccnc12. The molecule has 1 heterocycles. The van der Waals surface area contributed by atoms with Crippen molar-refractivity contribution in [2.45, 2.75) is 38.7 Å². The van der Waals surface area contributed by atoms with Crippen LogP contribution in [0.5, 0.6) is 5.75 Å². The van der Waals surface area contributed by atoms with Gasteiger partial charge in [-0.15, -0.1) is 0 Å². The number of unbranched alkanes of at least 4 members (excludes halogenated alkanes) is 2. The van der Waals surface area contributed by atoms with Gasteiger partial charge in [-0.2, -0.15) is 0 Å². The van der Waals surface area contributed by atoms with Crippen LogP contribution in [-0.2, 0) is 9.53 Å². The number of benzene rings is 1. The Morgan fingerprint density at radius 1 is 1.38 bits per heavy atom. The molecule has 0 saturated carbocycles. The second kappa shape index (κ2) is 9.28. The molecule has 4 nitrogen and oxygen atoms in total. The molecule has 0 radical (unpaired) electrons. The van der Waals surface area contributed by atoms with E-state index in [1.54, 1.807) is 30.5 Å². The third-order valence-corrected chi connectivity index (χ3v) is 3.99. The zero-order valence-corrected chi connectivity index (χ0v) is 14.6. The van der Waals surface area contributed by atoms with Crippen molar-refractivity contribution in [1.82, 2.24) is 4.98 Å². The zero-order valence-electron chi connectivity index (χ0n) is 13.8. The summed E-state index contributed by atoms with van der Waals surface area (Å²) in [5.74, 6) is 0.0866. The van der Waals surface area contributed by atoms with Gasteiger partial charge < -0.3 is 9.47 Å². The van der Waals surface area contributed by atoms with Gasteiger partial charge in [-0.3, -0.25) is 4.98 Å². The second-order valence-electron chi connectivity index (χ2n) is 5.49. The number of pyridine rings is 1. The van der Waals surface area contributed by atoms with Gasteiger partial charge in [0.1, 0.15) is 17.4 Å². The number of ether oxygens (including phenoxy) is 2. The zero-order chi connectivity index (χ0) is 17.4. The summed E-state index contributed by atoms with van der Waals surface area (Å²) in [6, 6.07) is 7.09. The molecule has 0 fully saturated rings.